The summed E-state index contributed by atoms with van der Waals surface area (Å²) in [5.41, 5.74) is 1.03. The van der Waals surface area contributed by atoms with Crippen molar-refractivity contribution in [3.8, 4) is 18.1 Å². The van der Waals surface area contributed by atoms with Crippen molar-refractivity contribution in [2.24, 2.45) is 0 Å². The molecule has 0 fully saturated rings. The fraction of sp³-hybridized carbons (Fsp3) is 0.333. The summed E-state index contributed by atoms with van der Waals surface area (Å²) in [6.07, 6.45) is 5.90. The molecule has 15 heavy (non-hydrogen) atoms. The zero-order valence-electron chi connectivity index (χ0n) is 8.72. The maximum atomic E-state index is 13.0. The number of methoxy groups -OCH3 is 1. The lowest BCUT2D eigenvalue weighted by Crippen LogP contribution is -2.17. The van der Waals surface area contributed by atoms with Crippen molar-refractivity contribution in [3.05, 3.63) is 29.6 Å². The Kier molecular flexibility index (Phi) is 4.65. The molecule has 0 unspecified atom stereocenters. The van der Waals surface area contributed by atoms with Gasteiger partial charge in [-0.25, -0.2) is 4.39 Å². The van der Waals surface area contributed by atoms with Gasteiger partial charge >= 0.3 is 0 Å². The summed E-state index contributed by atoms with van der Waals surface area (Å²) in [4.78, 5) is 0. The fourth-order valence-electron chi connectivity index (χ4n) is 1.25. The smallest absolute Gasteiger partial charge is 0.165 e. The topological polar surface area (TPSA) is 21.3 Å². The number of ether oxygens (including phenoxy) is 1. The number of terminal acetylenes is 1. The number of nitrogens with one attached hydrogen (secondary N) is 1. The van der Waals surface area contributed by atoms with E-state index in [9.17, 15) is 4.39 Å². The largest absolute Gasteiger partial charge is 0.494 e. The van der Waals surface area contributed by atoms with Gasteiger partial charge in [-0.05, 0) is 24.1 Å². The van der Waals surface area contributed by atoms with Crippen molar-refractivity contribution < 1.29 is 9.13 Å². The Labute approximate surface area is 89.4 Å². The first-order valence-corrected chi connectivity index (χ1v) is 4.74. The van der Waals surface area contributed by atoms with Crippen LogP contribution in [0.25, 0.3) is 0 Å². The van der Waals surface area contributed by atoms with Gasteiger partial charge in [0, 0.05) is 6.54 Å². The summed E-state index contributed by atoms with van der Waals surface area (Å²) in [7, 11) is 1.46. The molecule has 0 spiro atoms. The molecule has 1 aromatic rings. The summed E-state index contributed by atoms with van der Waals surface area (Å²) < 4.78 is 17.9. The van der Waals surface area contributed by atoms with Crippen LogP contribution >= 0.6 is 0 Å². The predicted octanol–water partition coefficient (Wildman–Crippen LogP) is 1.60. The van der Waals surface area contributed by atoms with Crippen molar-refractivity contribution in [2.45, 2.75) is 6.42 Å². The van der Waals surface area contributed by atoms with Crippen LogP contribution in [0.15, 0.2) is 18.2 Å². The first kappa shape index (κ1) is 11.5. The number of halogens is 1. The highest BCUT2D eigenvalue weighted by Gasteiger charge is 2.02. The third-order valence-corrected chi connectivity index (χ3v) is 2.03. The van der Waals surface area contributed by atoms with Gasteiger partial charge in [0.25, 0.3) is 0 Å². The average molecular weight is 207 g/mol. The summed E-state index contributed by atoms with van der Waals surface area (Å²) in [6.45, 7) is 1.33. The van der Waals surface area contributed by atoms with Crippen LogP contribution in [0.2, 0.25) is 0 Å². The van der Waals surface area contributed by atoms with Crippen molar-refractivity contribution in [1.82, 2.24) is 5.32 Å². The van der Waals surface area contributed by atoms with Gasteiger partial charge in [0.05, 0.1) is 13.7 Å². The van der Waals surface area contributed by atoms with E-state index in [4.69, 9.17) is 11.2 Å². The zero-order chi connectivity index (χ0) is 11.1. The molecule has 3 heteroatoms. The molecule has 0 aliphatic rings. The molecule has 0 aliphatic heterocycles. The Morgan fingerprint density at radius 1 is 1.53 bits per heavy atom. The van der Waals surface area contributed by atoms with E-state index in [1.807, 2.05) is 0 Å². The highest BCUT2D eigenvalue weighted by molar-refractivity contribution is 5.30. The van der Waals surface area contributed by atoms with Crippen LogP contribution in [0.5, 0.6) is 5.75 Å². The second-order valence-corrected chi connectivity index (χ2v) is 3.10. The highest BCUT2D eigenvalue weighted by Crippen LogP contribution is 2.18. The molecule has 0 heterocycles. The predicted molar refractivity (Wildman–Crippen MR) is 58.4 cm³/mol. The lowest BCUT2D eigenvalue weighted by Gasteiger charge is -2.05. The molecule has 1 N–H and O–H groups in total. The maximum absolute atomic E-state index is 13.0. The summed E-state index contributed by atoms with van der Waals surface area (Å²) in [5, 5.41) is 3.06. The van der Waals surface area contributed by atoms with Gasteiger partial charge < -0.3 is 10.1 Å². The molecule has 1 rings (SSSR count). The number of benzene rings is 1. The minimum absolute atomic E-state index is 0.282. The Morgan fingerprint density at radius 3 is 3.00 bits per heavy atom. The minimum Gasteiger partial charge on any atom is -0.494 e. The molecule has 0 saturated heterocycles. The maximum Gasteiger partial charge on any atom is 0.165 e. The molecule has 0 atom stereocenters. The van der Waals surface area contributed by atoms with E-state index in [1.54, 1.807) is 12.1 Å². The molecular weight excluding hydrogens is 193 g/mol. The SMILES string of the molecule is C#CCNCCc1ccc(F)c(OC)c1. The van der Waals surface area contributed by atoms with E-state index in [-0.39, 0.29) is 11.6 Å². The van der Waals surface area contributed by atoms with Crippen molar-refractivity contribution >= 4 is 0 Å². The van der Waals surface area contributed by atoms with E-state index < -0.39 is 0 Å². The van der Waals surface area contributed by atoms with E-state index in [2.05, 4.69) is 11.2 Å². The monoisotopic (exact) mass is 207 g/mol. The summed E-state index contributed by atoms with van der Waals surface area (Å²) in [5.74, 6) is 2.44. The zero-order valence-corrected chi connectivity index (χ0v) is 8.72. The van der Waals surface area contributed by atoms with Crippen molar-refractivity contribution in [1.29, 1.82) is 0 Å². The molecule has 80 valence electrons. The van der Waals surface area contributed by atoms with Gasteiger partial charge in [0.2, 0.25) is 0 Å². The molecule has 0 saturated carbocycles. The van der Waals surface area contributed by atoms with Gasteiger partial charge in [-0.3, -0.25) is 0 Å². The van der Waals surface area contributed by atoms with Crippen LogP contribution in [0.4, 0.5) is 4.39 Å². The molecular formula is C12H14FNO. The number of hydrogen-bond acceptors (Lipinski definition) is 2. The first-order chi connectivity index (χ1) is 7.27. The third-order valence-electron chi connectivity index (χ3n) is 2.03. The van der Waals surface area contributed by atoms with Gasteiger partial charge in [-0.2, -0.15) is 0 Å². The van der Waals surface area contributed by atoms with Crippen LogP contribution < -0.4 is 10.1 Å². The number of hydrogen-bond donors (Lipinski definition) is 1. The second kappa shape index (κ2) is 6.05. The van der Waals surface area contributed by atoms with E-state index in [0.29, 0.717) is 6.54 Å². The van der Waals surface area contributed by atoms with E-state index in [1.165, 1.54) is 13.2 Å². The molecule has 1 aromatic carbocycles. The molecule has 0 bridgehead atoms. The van der Waals surface area contributed by atoms with Gasteiger partial charge in [-0.1, -0.05) is 12.0 Å². The molecule has 0 amide bonds. The average Bonchev–Trinajstić information content (AvgIpc) is 2.26. The van der Waals surface area contributed by atoms with E-state index >= 15 is 0 Å². The van der Waals surface area contributed by atoms with E-state index in [0.717, 1.165) is 18.5 Å². The number of rotatable bonds is 5. The molecule has 2 nitrogen and oxygen atoms in total. The van der Waals surface area contributed by atoms with Crippen molar-refractivity contribution in [3.63, 3.8) is 0 Å². The van der Waals surface area contributed by atoms with Gasteiger partial charge in [0.15, 0.2) is 11.6 Å². The van der Waals surface area contributed by atoms with Crippen LogP contribution in [0.3, 0.4) is 0 Å². The lowest BCUT2D eigenvalue weighted by molar-refractivity contribution is 0.386. The second-order valence-electron chi connectivity index (χ2n) is 3.10. The lowest BCUT2D eigenvalue weighted by atomic mass is 10.1. The Balaban J connectivity index is 2.52. The Hall–Kier alpha value is -1.53. The quantitative estimate of drug-likeness (QED) is 0.585. The first-order valence-electron chi connectivity index (χ1n) is 4.74. The normalized spacial score (nSPS) is 9.67. The third kappa shape index (κ3) is 3.61. The fourth-order valence-corrected chi connectivity index (χ4v) is 1.25. The highest BCUT2D eigenvalue weighted by atomic mass is 19.1. The standard InChI is InChI=1S/C12H14FNO/c1-3-7-14-8-6-10-4-5-11(13)12(9-10)15-2/h1,4-5,9,14H,6-8H2,2H3. The van der Waals surface area contributed by atoms with Crippen LogP contribution in [0, 0.1) is 18.2 Å². The molecule has 0 aliphatic carbocycles. The van der Waals surface area contributed by atoms with Crippen molar-refractivity contribution in [2.75, 3.05) is 20.2 Å². The van der Waals surface area contributed by atoms with Gasteiger partial charge in [0.1, 0.15) is 0 Å². The summed E-state index contributed by atoms with van der Waals surface area (Å²) >= 11 is 0. The van der Waals surface area contributed by atoms with Crippen LogP contribution in [0.1, 0.15) is 5.56 Å². The van der Waals surface area contributed by atoms with Crippen LogP contribution in [-0.4, -0.2) is 20.2 Å². The van der Waals surface area contributed by atoms with Gasteiger partial charge in [-0.15, -0.1) is 6.42 Å². The molecule has 0 aromatic heterocycles. The Bertz CT molecular complexity index is 357. The Morgan fingerprint density at radius 2 is 2.33 bits per heavy atom. The molecule has 0 radical (unpaired) electrons. The minimum atomic E-state index is -0.335. The summed E-state index contributed by atoms with van der Waals surface area (Å²) in [6, 6.07) is 4.86. The van der Waals surface area contributed by atoms with Crippen LogP contribution in [-0.2, 0) is 6.42 Å².